The summed E-state index contributed by atoms with van der Waals surface area (Å²) in [5, 5.41) is 3.22. The molecule has 4 nitrogen and oxygen atoms in total. The summed E-state index contributed by atoms with van der Waals surface area (Å²) in [5.41, 5.74) is 2.21. The van der Waals surface area contributed by atoms with E-state index in [2.05, 4.69) is 15.3 Å². The predicted molar refractivity (Wildman–Crippen MR) is 67.1 cm³/mol. The van der Waals surface area contributed by atoms with E-state index in [-0.39, 0.29) is 0 Å². The van der Waals surface area contributed by atoms with Crippen molar-refractivity contribution in [1.29, 1.82) is 0 Å². The first-order valence-corrected chi connectivity index (χ1v) is 5.44. The molecule has 2 aromatic heterocycles. The molecule has 2 aromatic rings. The molecule has 1 N–H and O–H groups in total. The van der Waals surface area contributed by atoms with Crippen LogP contribution in [-0.4, -0.2) is 17.1 Å². The smallest absolute Gasteiger partial charge is 0.137 e. The van der Waals surface area contributed by atoms with Gasteiger partial charge in [0, 0.05) is 6.20 Å². The second kappa shape index (κ2) is 5.30. The lowest BCUT2D eigenvalue weighted by Gasteiger charge is -2.07. The molecular weight excluding hydrogens is 214 g/mol. The largest absolute Gasteiger partial charge is 0.495 e. The van der Waals surface area contributed by atoms with Gasteiger partial charge >= 0.3 is 0 Å². The molecule has 0 bridgehead atoms. The normalized spacial score (nSPS) is 10.0. The number of hydrogen-bond donors (Lipinski definition) is 1. The van der Waals surface area contributed by atoms with Crippen LogP contribution in [-0.2, 0) is 6.54 Å². The topological polar surface area (TPSA) is 47.0 Å². The van der Waals surface area contributed by atoms with E-state index in [9.17, 15) is 0 Å². The molecule has 0 unspecified atom stereocenters. The summed E-state index contributed by atoms with van der Waals surface area (Å²) >= 11 is 0. The van der Waals surface area contributed by atoms with Crippen molar-refractivity contribution in [2.24, 2.45) is 0 Å². The first-order chi connectivity index (χ1) is 8.29. The van der Waals surface area contributed by atoms with Crippen LogP contribution in [0.5, 0.6) is 5.75 Å². The van der Waals surface area contributed by atoms with Gasteiger partial charge in [0.1, 0.15) is 11.6 Å². The fraction of sp³-hybridized carbons (Fsp3) is 0.231. The van der Waals surface area contributed by atoms with Gasteiger partial charge in [-0.1, -0.05) is 6.07 Å². The van der Waals surface area contributed by atoms with Crippen molar-refractivity contribution in [3.8, 4) is 5.75 Å². The Labute approximate surface area is 101 Å². The Morgan fingerprint density at radius 2 is 2.12 bits per heavy atom. The van der Waals surface area contributed by atoms with Crippen LogP contribution in [0.3, 0.4) is 0 Å². The van der Waals surface area contributed by atoms with Crippen LogP contribution in [0, 0.1) is 6.92 Å². The number of aryl methyl sites for hydroxylation is 1. The van der Waals surface area contributed by atoms with Gasteiger partial charge in [-0.15, -0.1) is 0 Å². The van der Waals surface area contributed by atoms with E-state index in [1.807, 2.05) is 31.2 Å². The van der Waals surface area contributed by atoms with Crippen molar-refractivity contribution in [3.05, 3.63) is 47.9 Å². The third-order valence-electron chi connectivity index (χ3n) is 2.53. The molecule has 0 radical (unpaired) electrons. The lowest BCUT2D eigenvalue weighted by molar-refractivity contribution is 0.413. The highest BCUT2D eigenvalue weighted by molar-refractivity contribution is 5.38. The molecule has 0 spiro atoms. The summed E-state index contributed by atoms with van der Waals surface area (Å²) in [6, 6.07) is 7.74. The summed E-state index contributed by atoms with van der Waals surface area (Å²) in [6.07, 6.45) is 3.49. The molecule has 0 atom stereocenters. The maximum absolute atomic E-state index is 5.05. The number of anilines is 1. The molecule has 0 aliphatic rings. The van der Waals surface area contributed by atoms with Crippen molar-refractivity contribution in [2.45, 2.75) is 13.5 Å². The molecule has 0 aliphatic carbocycles. The van der Waals surface area contributed by atoms with Crippen molar-refractivity contribution >= 4 is 5.82 Å². The van der Waals surface area contributed by atoms with E-state index in [0.29, 0.717) is 6.54 Å². The summed E-state index contributed by atoms with van der Waals surface area (Å²) < 4.78 is 5.05. The van der Waals surface area contributed by atoms with Crippen molar-refractivity contribution in [1.82, 2.24) is 9.97 Å². The minimum absolute atomic E-state index is 0.673. The second-order valence-electron chi connectivity index (χ2n) is 3.70. The zero-order valence-electron chi connectivity index (χ0n) is 9.97. The maximum Gasteiger partial charge on any atom is 0.137 e. The minimum Gasteiger partial charge on any atom is -0.495 e. The molecule has 0 fully saturated rings. The highest BCUT2D eigenvalue weighted by atomic mass is 16.5. The molecular formula is C13H15N3O. The fourth-order valence-corrected chi connectivity index (χ4v) is 1.48. The Kier molecular flexibility index (Phi) is 3.55. The third kappa shape index (κ3) is 2.93. The fourth-order valence-electron chi connectivity index (χ4n) is 1.48. The first-order valence-electron chi connectivity index (χ1n) is 5.44. The number of aromatic nitrogens is 2. The van der Waals surface area contributed by atoms with E-state index in [0.717, 1.165) is 17.3 Å². The summed E-state index contributed by atoms with van der Waals surface area (Å²) in [4.78, 5) is 8.54. The summed E-state index contributed by atoms with van der Waals surface area (Å²) in [6.45, 7) is 2.72. The Hall–Kier alpha value is -2.10. The SMILES string of the molecule is COc1ccc(NCc2ncccc2C)nc1. The van der Waals surface area contributed by atoms with Gasteiger partial charge in [-0.05, 0) is 30.7 Å². The molecule has 2 rings (SSSR count). The molecule has 2 heterocycles. The van der Waals surface area contributed by atoms with Crippen LogP contribution in [0.15, 0.2) is 36.7 Å². The van der Waals surface area contributed by atoms with Crippen LogP contribution >= 0.6 is 0 Å². The van der Waals surface area contributed by atoms with Crippen LogP contribution in [0.2, 0.25) is 0 Å². The van der Waals surface area contributed by atoms with E-state index in [1.165, 1.54) is 5.56 Å². The van der Waals surface area contributed by atoms with Crippen molar-refractivity contribution in [2.75, 3.05) is 12.4 Å². The van der Waals surface area contributed by atoms with Gasteiger partial charge in [0.2, 0.25) is 0 Å². The summed E-state index contributed by atoms with van der Waals surface area (Å²) in [5.74, 6) is 1.57. The minimum atomic E-state index is 0.673. The number of nitrogens with zero attached hydrogens (tertiary/aromatic N) is 2. The zero-order valence-corrected chi connectivity index (χ0v) is 9.97. The number of methoxy groups -OCH3 is 1. The van der Waals surface area contributed by atoms with Crippen LogP contribution in [0.25, 0.3) is 0 Å². The van der Waals surface area contributed by atoms with Gasteiger partial charge in [0.05, 0.1) is 25.5 Å². The van der Waals surface area contributed by atoms with Crippen LogP contribution < -0.4 is 10.1 Å². The maximum atomic E-state index is 5.05. The van der Waals surface area contributed by atoms with Gasteiger partial charge in [0.15, 0.2) is 0 Å². The Morgan fingerprint density at radius 1 is 1.24 bits per heavy atom. The molecule has 0 saturated heterocycles. The van der Waals surface area contributed by atoms with E-state index in [4.69, 9.17) is 4.74 Å². The van der Waals surface area contributed by atoms with E-state index < -0.39 is 0 Å². The lowest BCUT2D eigenvalue weighted by atomic mass is 10.2. The first kappa shape index (κ1) is 11.4. The van der Waals surface area contributed by atoms with Crippen molar-refractivity contribution < 1.29 is 4.74 Å². The molecule has 17 heavy (non-hydrogen) atoms. The number of ether oxygens (including phenoxy) is 1. The highest BCUT2D eigenvalue weighted by Gasteiger charge is 1.99. The van der Waals surface area contributed by atoms with Crippen LogP contribution in [0.1, 0.15) is 11.3 Å². The van der Waals surface area contributed by atoms with Crippen molar-refractivity contribution in [3.63, 3.8) is 0 Å². The third-order valence-corrected chi connectivity index (χ3v) is 2.53. The number of rotatable bonds is 4. The predicted octanol–water partition coefficient (Wildman–Crippen LogP) is 2.41. The molecule has 0 aromatic carbocycles. The lowest BCUT2D eigenvalue weighted by Crippen LogP contribution is -2.04. The Morgan fingerprint density at radius 3 is 2.76 bits per heavy atom. The molecule has 0 aliphatic heterocycles. The highest BCUT2D eigenvalue weighted by Crippen LogP contribution is 2.12. The molecule has 0 saturated carbocycles. The van der Waals surface area contributed by atoms with Gasteiger partial charge in [-0.25, -0.2) is 4.98 Å². The molecule has 4 heteroatoms. The van der Waals surface area contributed by atoms with Gasteiger partial charge in [0.25, 0.3) is 0 Å². The average molecular weight is 229 g/mol. The van der Waals surface area contributed by atoms with Gasteiger partial charge < -0.3 is 10.1 Å². The number of nitrogens with one attached hydrogen (secondary N) is 1. The standard InChI is InChI=1S/C13H15N3O/c1-10-4-3-7-14-12(10)9-16-13-6-5-11(17-2)8-15-13/h3-8H,9H2,1-2H3,(H,15,16). The van der Waals surface area contributed by atoms with E-state index >= 15 is 0 Å². The van der Waals surface area contributed by atoms with E-state index in [1.54, 1.807) is 19.5 Å². The average Bonchev–Trinajstić information content (AvgIpc) is 2.38. The van der Waals surface area contributed by atoms with Gasteiger partial charge in [-0.2, -0.15) is 0 Å². The Balaban J connectivity index is 2.00. The zero-order chi connectivity index (χ0) is 12.1. The number of pyridine rings is 2. The van der Waals surface area contributed by atoms with Crippen LogP contribution in [0.4, 0.5) is 5.82 Å². The van der Waals surface area contributed by atoms with Gasteiger partial charge in [-0.3, -0.25) is 4.98 Å². The quantitative estimate of drug-likeness (QED) is 0.874. The molecule has 88 valence electrons. The monoisotopic (exact) mass is 229 g/mol. The second-order valence-corrected chi connectivity index (χ2v) is 3.70. The molecule has 0 amide bonds. The summed E-state index contributed by atoms with van der Waals surface area (Å²) in [7, 11) is 1.63. The number of hydrogen-bond acceptors (Lipinski definition) is 4. The Bertz CT molecular complexity index is 482.